The Balaban J connectivity index is 1.53. The fraction of sp³-hybridized carbons (Fsp3) is 1.00. The van der Waals surface area contributed by atoms with E-state index in [1.165, 1.54) is 64.2 Å². The van der Waals surface area contributed by atoms with E-state index in [2.05, 4.69) is 41.5 Å². The topological polar surface area (TPSA) is 20.2 Å². The molecular weight excluding hydrogens is 340 g/mol. The van der Waals surface area contributed by atoms with Crippen LogP contribution in [0.1, 0.15) is 112 Å². The van der Waals surface area contributed by atoms with Crippen molar-refractivity contribution in [3.05, 3.63) is 0 Å². The van der Waals surface area contributed by atoms with E-state index < -0.39 is 0 Å². The highest BCUT2D eigenvalue weighted by Gasteiger charge is 2.69. The first-order valence-corrected chi connectivity index (χ1v) is 12.7. The lowest BCUT2D eigenvalue weighted by atomic mass is 9.32. The number of fused-ring (bicyclic) bond motifs is 7. The largest absolute Gasteiger partial charge is 0.393 e. The van der Waals surface area contributed by atoms with Crippen LogP contribution in [0.15, 0.2) is 0 Å². The first-order valence-electron chi connectivity index (χ1n) is 12.7. The summed E-state index contributed by atoms with van der Waals surface area (Å²) in [4.78, 5) is 0. The lowest BCUT2D eigenvalue weighted by molar-refractivity contribution is -0.244. The lowest BCUT2D eigenvalue weighted by Crippen LogP contribution is -2.66. The van der Waals surface area contributed by atoms with Gasteiger partial charge >= 0.3 is 0 Å². The van der Waals surface area contributed by atoms with Gasteiger partial charge in [-0.1, -0.05) is 48.0 Å². The molecule has 1 nitrogen and oxygen atoms in total. The highest BCUT2D eigenvalue weighted by molar-refractivity contribution is 5.18. The minimum Gasteiger partial charge on any atom is -0.393 e. The van der Waals surface area contributed by atoms with Crippen molar-refractivity contribution in [2.24, 2.45) is 50.7 Å². The summed E-state index contributed by atoms with van der Waals surface area (Å²) in [6, 6.07) is 0. The Morgan fingerprint density at radius 1 is 0.607 bits per heavy atom. The minimum atomic E-state index is -0.101. The van der Waals surface area contributed by atoms with Crippen LogP contribution in [0.5, 0.6) is 0 Å². The molecule has 0 radical (unpaired) electrons. The summed E-state index contributed by atoms with van der Waals surface area (Å²) in [5, 5.41) is 10.8. The third-order valence-corrected chi connectivity index (χ3v) is 12.8. The van der Waals surface area contributed by atoms with Gasteiger partial charge in [0.15, 0.2) is 0 Å². The second-order valence-corrected chi connectivity index (χ2v) is 13.7. The van der Waals surface area contributed by atoms with Gasteiger partial charge in [0.1, 0.15) is 0 Å². The summed E-state index contributed by atoms with van der Waals surface area (Å²) < 4.78 is 0. The molecule has 160 valence electrons. The Bertz CT molecular complexity index is 653. The van der Waals surface area contributed by atoms with Crippen molar-refractivity contribution in [2.75, 3.05) is 0 Å². The van der Waals surface area contributed by atoms with Gasteiger partial charge in [-0.15, -0.1) is 0 Å². The molecule has 0 bridgehead atoms. The van der Waals surface area contributed by atoms with Crippen LogP contribution < -0.4 is 0 Å². The number of aliphatic hydroxyl groups is 1. The van der Waals surface area contributed by atoms with Crippen molar-refractivity contribution in [3.8, 4) is 0 Å². The van der Waals surface area contributed by atoms with Gasteiger partial charge < -0.3 is 5.11 Å². The van der Waals surface area contributed by atoms with E-state index in [0.29, 0.717) is 27.6 Å². The van der Waals surface area contributed by atoms with Crippen molar-refractivity contribution < 1.29 is 5.11 Å². The van der Waals surface area contributed by atoms with Crippen LogP contribution in [0.25, 0.3) is 0 Å². The van der Waals surface area contributed by atoms with Crippen molar-refractivity contribution in [2.45, 2.75) is 118 Å². The van der Waals surface area contributed by atoms with E-state index in [9.17, 15) is 5.11 Å². The third-order valence-electron chi connectivity index (χ3n) is 12.8. The predicted molar refractivity (Wildman–Crippen MR) is 117 cm³/mol. The van der Waals surface area contributed by atoms with E-state index >= 15 is 0 Å². The normalized spacial score (nSPS) is 60.3. The van der Waals surface area contributed by atoms with Gasteiger partial charge in [-0.05, 0) is 115 Å². The zero-order valence-electron chi connectivity index (χ0n) is 19.6. The lowest BCUT2D eigenvalue weighted by Gasteiger charge is -2.72. The molecule has 0 spiro atoms. The molecule has 28 heavy (non-hydrogen) atoms. The standard InChI is InChI=1S/C27H46O/c1-23(2)20-11-15-27(6)21(25(20,4)14-12-22(23)28)10-9-19-18-8-7-13-24(18,3)16-17-26(19,27)5/h18-22,28H,7-17H2,1-6H3/t18-,19?,20?,21?,22?,24?,25?,26-,27?/m1/s1. The average molecular weight is 387 g/mol. The fourth-order valence-electron chi connectivity index (χ4n) is 10.9. The van der Waals surface area contributed by atoms with E-state index in [0.717, 1.165) is 24.2 Å². The highest BCUT2D eigenvalue weighted by atomic mass is 16.3. The average Bonchev–Trinajstić information content (AvgIpc) is 3.01. The van der Waals surface area contributed by atoms with Gasteiger partial charge in [0.25, 0.3) is 0 Å². The molecule has 0 heterocycles. The highest BCUT2D eigenvalue weighted by Crippen LogP contribution is 2.76. The molecule has 0 aliphatic heterocycles. The molecule has 7 unspecified atom stereocenters. The van der Waals surface area contributed by atoms with Gasteiger partial charge in [-0.3, -0.25) is 0 Å². The maximum absolute atomic E-state index is 10.8. The molecule has 0 amide bonds. The number of hydrogen-bond acceptors (Lipinski definition) is 1. The van der Waals surface area contributed by atoms with Gasteiger partial charge in [0, 0.05) is 0 Å². The molecule has 5 aliphatic rings. The molecule has 5 rings (SSSR count). The van der Waals surface area contributed by atoms with Crippen LogP contribution in [0.3, 0.4) is 0 Å². The maximum atomic E-state index is 10.8. The zero-order chi connectivity index (χ0) is 20.2. The first kappa shape index (κ1) is 19.9. The summed E-state index contributed by atoms with van der Waals surface area (Å²) in [6.45, 7) is 15.5. The smallest absolute Gasteiger partial charge is 0.0594 e. The van der Waals surface area contributed by atoms with Crippen LogP contribution >= 0.6 is 0 Å². The zero-order valence-corrected chi connectivity index (χ0v) is 19.6. The third kappa shape index (κ3) is 2.19. The molecule has 0 aromatic rings. The Morgan fingerprint density at radius 3 is 2.11 bits per heavy atom. The molecule has 5 fully saturated rings. The first-order chi connectivity index (χ1) is 13.0. The van der Waals surface area contributed by atoms with Crippen LogP contribution in [-0.2, 0) is 0 Å². The van der Waals surface area contributed by atoms with E-state index in [-0.39, 0.29) is 11.5 Å². The SMILES string of the molecule is CC1(C)C(O)CCC2(C)C1CCC1(C)C2CCC2[C@H]3CCCC3(C)CC[C@]21C. The van der Waals surface area contributed by atoms with Gasteiger partial charge in [-0.2, -0.15) is 0 Å². The second kappa shape index (κ2) is 5.80. The molecule has 0 saturated heterocycles. The maximum Gasteiger partial charge on any atom is 0.0594 e. The molecule has 5 aliphatic carbocycles. The van der Waals surface area contributed by atoms with Crippen molar-refractivity contribution in [1.29, 1.82) is 0 Å². The van der Waals surface area contributed by atoms with Crippen LogP contribution in [0.2, 0.25) is 0 Å². The Morgan fingerprint density at radius 2 is 1.36 bits per heavy atom. The van der Waals surface area contributed by atoms with Crippen molar-refractivity contribution >= 4 is 0 Å². The van der Waals surface area contributed by atoms with E-state index in [1.54, 1.807) is 0 Å². The Kier molecular flexibility index (Phi) is 4.12. The molecule has 0 aromatic carbocycles. The summed E-state index contributed by atoms with van der Waals surface area (Å²) in [6.07, 6.45) is 15.3. The fourth-order valence-corrected chi connectivity index (χ4v) is 10.9. The van der Waals surface area contributed by atoms with Crippen molar-refractivity contribution in [3.63, 3.8) is 0 Å². The quantitative estimate of drug-likeness (QED) is 0.466. The van der Waals surface area contributed by atoms with Crippen LogP contribution in [0.4, 0.5) is 0 Å². The van der Waals surface area contributed by atoms with Gasteiger partial charge in [-0.25, -0.2) is 0 Å². The van der Waals surface area contributed by atoms with E-state index in [4.69, 9.17) is 0 Å². The summed E-state index contributed by atoms with van der Waals surface area (Å²) >= 11 is 0. The monoisotopic (exact) mass is 386 g/mol. The second-order valence-electron chi connectivity index (χ2n) is 13.7. The number of rotatable bonds is 0. The number of aliphatic hydroxyl groups excluding tert-OH is 1. The van der Waals surface area contributed by atoms with Crippen LogP contribution in [0, 0.1) is 50.7 Å². The Hall–Kier alpha value is -0.0400. The van der Waals surface area contributed by atoms with Crippen molar-refractivity contribution in [1.82, 2.24) is 0 Å². The number of hydrogen-bond donors (Lipinski definition) is 1. The van der Waals surface area contributed by atoms with Gasteiger partial charge in [0.2, 0.25) is 0 Å². The van der Waals surface area contributed by atoms with E-state index in [1.807, 2.05) is 0 Å². The molecular formula is C27H46O. The molecule has 5 saturated carbocycles. The summed E-state index contributed by atoms with van der Waals surface area (Å²) in [5.74, 6) is 3.52. The predicted octanol–water partition coefficient (Wildman–Crippen LogP) is 7.22. The molecule has 0 aromatic heterocycles. The molecule has 1 N–H and O–H groups in total. The Labute approximate surface area is 174 Å². The molecule has 1 heteroatoms. The summed E-state index contributed by atoms with van der Waals surface area (Å²) in [7, 11) is 0. The van der Waals surface area contributed by atoms with Crippen LogP contribution in [-0.4, -0.2) is 11.2 Å². The summed E-state index contributed by atoms with van der Waals surface area (Å²) in [5.41, 5.74) is 2.22. The minimum absolute atomic E-state index is 0.0860. The van der Waals surface area contributed by atoms with Gasteiger partial charge in [0.05, 0.1) is 6.10 Å². The molecule has 9 atom stereocenters.